The van der Waals surface area contributed by atoms with Crippen LogP contribution >= 0.6 is 0 Å². The highest BCUT2D eigenvalue weighted by Crippen LogP contribution is 2.25. The zero-order valence-corrected chi connectivity index (χ0v) is 12.1. The van der Waals surface area contributed by atoms with Crippen LogP contribution in [0.2, 0.25) is 0 Å². The van der Waals surface area contributed by atoms with Gasteiger partial charge in [0.1, 0.15) is 0 Å². The average molecular weight is 272 g/mol. The van der Waals surface area contributed by atoms with Gasteiger partial charge in [-0.1, -0.05) is 6.92 Å². The quantitative estimate of drug-likeness (QED) is 0.610. The molecule has 19 heavy (non-hydrogen) atoms. The number of primary amides is 1. The van der Waals surface area contributed by atoms with Crippen molar-refractivity contribution in [2.75, 3.05) is 13.2 Å². The number of ether oxygens (including phenoxy) is 1. The van der Waals surface area contributed by atoms with Crippen LogP contribution in [0.5, 0.6) is 0 Å². The van der Waals surface area contributed by atoms with Crippen molar-refractivity contribution in [3.63, 3.8) is 0 Å². The van der Waals surface area contributed by atoms with Gasteiger partial charge >= 0.3 is 0 Å². The number of aliphatic hydroxyl groups is 1. The standard InChI is InChI=1S/C14H28N2O3/c1-10-3-5-13(6-4-10)19-9-12(17)8-16-11(2)7-14(15)18/h10-13,16-17H,3-9H2,1-2H3,(H2,15,18). The van der Waals surface area contributed by atoms with E-state index in [-0.39, 0.29) is 18.4 Å². The molecule has 2 unspecified atom stereocenters. The molecular formula is C14H28N2O3. The summed E-state index contributed by atoms with van der Waals surface area (Å²) in [6, 6.07) is -0.0114. The number of carbonyl (C=O) groups is 1. The predicted molar refractivity (Wildman–Crippen MR) is 74.7 cm³/mol. The largest absolute Gasteiger partial charge is 0.389 e. The lowest BCUT2D eigenvalue weighted by molar-refractivity contribution is -0.118. The average Bonchev–Trinajstić information content (AvgIpc) is 2.35. The van der Waals surface area contributed by atoms with Gasteiger partial charge in [-0.2, -0.15) is 0 Å². The summed E-state index contributed by atoms with van der Waals surface area (Å²) in [4.78, 5) is 10.7. The first kappa shape index (κ1) is 16.4. The summed E-state index contributed by atoms with van der Waals surface area (Å²) in [7, 11) is 0. The molecule has 0 aliphatic heterocycles. The summed E-state index contributed by atoms with van der Waals surface area (Å²) in [6.07, 6.45) is 4.68. The van der Waals surface area contributed by atoms with Crippen molar-refractivity contribution >= 4 is 5.91 Å². The normalized spacial score (nSPS) is 26.9. The number of nitrogens with one attached hydrogen (secondary N) is 1. The van der Waals surface area contributed by atoms with E-state index in [0.717, 1.165) is 18.8 Å². The Kier molecular flexibility index (Phi) is 7.34. The van der Waals surface area contributed by atoms with E-state index < -0.39 is 6.10 Å². The summed E-state index contributed by atoms with van der Waals surface area (Å²) in [5.41, 5.74) is 5.10. The van der Waals surface area contributed by atoms with Crippen molar-refractivity contribution in [2.24, 2.45) is 11.7 Å². The lowest BCUT2D eigenvalue weighted by atomic mass is 9.89. The van der Waals surface area contributed by atoms with Gasteiger partial charge in [0.15, 0.2) is 0 Å². The summed E-state index contributed by atoms with van der Waals surface area (Å²) < 4.78 is 5.72. The van der Waals surface area contributed by atoms with E-state index in [1.807, 2.05) is 6.92 Å². The molecule has 0 aromatic rings. The maximum absolute atomic E-state index is 10.7. The Hall–Kier alpha value is -0.650. The molecule has 112 valence electrons. The first-order chi connectivity index (χ1) is 8.97. The molecule has 1 saturated carbocycles. The van der Waals surface area contributed by atoms with Crippen LogP contribution in [0.4, 0.5) is 0 Å². The third-order valence-electron chi connectivity index (χ3n) is 3.70. The highest BCUT2D eigenvalue weighted by Gasteiger charge is 2.19. The number of carbonyl (C=O) groups excluding carboxylic acids is 1. The number of amides is 1. The molecule has 5 nitrogen and oxygen atoms in total. The second-order valence-corrected chi connectivity index (χ2v) is 5.85. The first-order valence-electron chi connectivity index (χ1n) is 7.28. The smallest absolute Gasteiger partial charge is 0.218 e. The number of hydrogen-bond donors (Lipinski definition) is 3. The van der Waals surface area contributed by atoms with Gasteiger partial charge in [0.05, 0.1) is 18.8 Å². The van der Waals surface area contributed by atoms with E-state index >= 15 is 0 Å². The fourth-order valence-electron chi connectivity index (χ4n) is 2.41. The van der Waals surface area contributed by atoms with Crippen molar-refractivity contribution < 1.29 is 14.6 Å². The van der Waals surface area contributed by atoms with Gasteiger partial charge in [-0.05, 0) is 38.5 Å². The van der Waals surface area contributed by atoms with E-state index in [2.05, 4.69) is 12.2 Å². The molecule has 0 aromatic carbocycles. The molecule has 1 fully saturated rings. The highest BCUT2D eigenvalue weighted by molar-refractivity contribution is 5.74. The highest BCUT2D eigenvalue weighted by atomic mass is 16.5. The fraction of sp³-hybridized carbons (Fsp3) is 0.929. The molecule has 1 rings (SSSR count). The number of rotatable bonds is 8. The Morgan fingerprint density at radius 3 is 2.63 bits per heavy atom. The topological polar surface area (TPSA) is 84.6 Å². The summed E-state index contributed by atoms with van der Waals surface area (Å²) in [6.45, 7) is 4.93. The summed E-state index contributed by atoms with van der Waals surface area (Å²) >= 11 is 0. The van der Waals surface area contributed by atoms with Gasteiger partial charge in [-0.25, -0.2) is 0 Å². The zero-order chi connectivity index (χ0) is 14.3. The van der Waals surface area contributed by atoms with Crippen LogP contribution in [0.15, 0.2) is 0 Å². The molecular weight excluding hydrogens is 244 g/mol. The van der Waals surface area contributed by atoms with Crippen LogP contribution in [0.25, 0.3) is 0 Å². The van der Waals surface area contributed by atoms with Gasteiger partial charge in [0.25, 0.3) is 0 Å². The predicted octanol–water partition coefficient (Wildman–Crippen LogP) is 0.796. The van der Waals surface area contributed by atoms with Crippen molar-refractivity contribution in [3.05, 3.63) is 0 Å². The molecule has 0 saturated heterocycles. The zero-order valence-electron chi connectivity index (χ0n) is 12.1. The SMILES string of the molecule is CC1CCC(OCC(O)CNC(C)CC(N)=O)CC1. The van der Waals surface area contributed by atoms with Crippen LogP contribution < -0.4 is 11.1 Å². The molecule has 0 radical (unpaired) electrons. The minimum Gasteiger partial charge on any atom is -0.389 e. The van der Waals surface area contributed by atoms with Crippen LogP contribution in [-0.4, -0.2) is 42.4 Å². The van der Waals surface area contributed by atoms with E-state index in [1.165, 1.54) is 12.8 Å². The first-order valence-corrected chi connectivity index (χ1v) is 7.28. The third-order valence-corrected chi connectivity index (χ3v) is 3.70. The van der Waals surface area contributed by atoms with Crippen LogP contribution in [-0.2, 0) is 9.53 Å². The van der Waals surface area contributed by atoms with Crippen molar-refractivity contribution in [1.82, 2.24) is 5.32 Å². The lowest BCUT2D eigenvalue weighted by Gasteiger charge is -2.27. The van der Waals surface area contributed by atoms with Crippen LogP contribution in [0, 0.1) is 5.92 Å². The summed E-state index contributed by atoms with van der Waals surface area (Å²) in [5, 5.41) is 12.9. The second-order valence-electron chi connectivity index (χ2n) is 5.85. The molecule has 1 aliphatic rings. The minimum atomic E-state index is -0.533. The van der Waals surface area contributed by atoms with Crippen molar-refractivity contribution in [1.29, 1.82) is 0 Å². The lowest BCUT2D eigenvalue weighted by Crippen LogP contribution is -2.38. The molecule has 4 N–H and O–H groups in total. The molecule has 2 atom stereocenters. The molecule has 1 amide bonds. The van der Waals surface area contributed by atoms with Crippen LogP contribution in [0.3, 0.4) is 0 Å². The maximum atomic E-state index is 10.7. The molecule has 1 aliphatic carbocycles. The monoisotopic (exact) mass is 272 g/mol. The Morgan fingerprint density at radius 1 is 1.42 bits per heavy atom. The van der Waals surface area contributed by atoms with Gasteiger partial charge in [-0.15, -0.1) is 0 Å². The molecule has 5 heteroatoms. The molecule has 0 heterocycles. The molecule has 0 spiro atoms. The van der Waals surface area contributed by atoms with E-state index in [4.69, 9.17) is 10.5 Å². The number of nitrogens with two attached hydrogens (primary N) is 1. The second kappa shape index (κ2) is 8.51. The summed E-state index contributed by atoms with van der Waals surface area (Å²) in [5.74, 6) is 0.475. The van der Waals surface area contributed by atoms with Gasteiger partial charge < -0.3 is 20.9 Å². The minimum absolute atomic E-state index is 0.0114. The number of hydrogen-bond acceptors (Lipinski definition) is 4. The van der Waals surface area contributed by atoms with Gasteiger partial charge in [0.2, 0.25) is 5.91 Å². The fourth-order valence-corrected chi connectivity index (χ4v) is 2.41. The Labute approximate surface area is 115 Å². The third kappa shape index (κ3) is 7.50. The Bertz CT molecular complexity index is 265. The van der Waals surface area contributed by atoms with E-state index in [1.54, 1.807) is 0 Å². The number of aliphatic hydroxyl groups excluding tert-OH is 1. The van der Waals surface area contributed by atoms with Gasteiger partial charge in [0, 0.05) is 19.0 Å². The van der Waals surface area contributed by atoms with Crippen LogP contribution in [0.1, 0.15) is 46.0 Å². The Morgan fingerprint density at radius 2 is 2.05 bits per heavy atom. The van der Waals surface area contributed by atoms with Gasteiger partial charge in [-0.3, -0.25) is 4.79 Å². The van der Waals surface area contributed by atoms with Crippen molar-refractivity contribution in [3.8, 4) is 0 Å². The molecule has 0 bridgehead atoms. The van der Waals surface area contributed by atoms with E-state index in [9.17, 15) is 9.90 Å². The maximum Gasteiger partial charge on any atom is 0.218 e. The van der Waals surface area contributed by atoms with E-state index in [0.29, 0.717) is 19.3 Å². The molecule has 0 aromatic heterocycles. The Balaban J connectivity index is 2.07. The van der Waals surface area contributed by atoms with Crippen molar-refractivity contribution in [2.45, 2.75) is 64.2 Å².